The summed E-state index contributed by atoms with van der Waals surface area (Å²) in [5.74, 6) is 0.240. The zero-order valence-corrected chi connectivity index (χ0v) is 15.9. The number of para-hydroxylation sites is 1. The van der Waals surface area contributed by atoms with Gasteiger partial charge in [-0.25, -0.2) is 4.79 Å². The third-order valence-corrected chi connectivity index (χ3v) is 5.01. The number of carbonyl (C=O) groups is 2. The fraction of sp³-hybridized carbons (Fsp3) is 0.300. The number of amides is 2. The van der Waals surface area contributed by atoms with Crippen LogP contribution in [-0.4, -0.2) is 17.5 Å². The van der Waals surface area contributed by atoms with Gasteiger partial charge in [-0.3, -0.25) is 4.79 Å². The average molecular weight is 417 g/mol. The molecule has 6 heteroatoms. The molecule has 1 aliphatic rings. The maximum atomic E-state index is 13.0. The minimum Gasteiger partial charge on any atom is -0.410 e. The van der Waals surface area contributed by atoms with Crippen molar-refractivity contribution in [1.82, 2.24) is 5.32 Å². The van der Waals surface area contributed by atoms with E-state index < -0.39 is 11.6 Å². The van der Waals surface area contributed by atoms with Crippen LogP contribution in [0.4, 0.5) is 10.5 Å². The van der Waals surface area contributed by atoms with E-state index in [4.69, 9.17) is 4.74 Å². The standard InChI is InChI=1S/C20H21BrN2O3/c21-15-8-7-9-16(14-15)22-18(24)20(12-5-2-6-13-20)23-19(25)26-17-10-3-1-4-11-17/h1,3-4,7-11,14H,2,5-6,12-13H2,(H,22,24)(H,23,25). The summed E-state index contributed by atoms with van der Waals surface area (Å²) in [7, 11) is 0. The second-order valence-electron chi connectivity index (χ2n) is 6.43. The van der Waals surface area contributed by atoms with Gasteiger partial charge in [0.05, 0.1) is 0 Å². The fourth-order valence-electron chi connectivity index (χ4n) is 3.20. The van der Waals surface area contributed by atoms with E-state index in [9.17, 15) is 9.59 Å². The largest absolute Gasteiger partial charge is 0.413 e. The topological polar surface area (TPSA) is 67.4 Å². The van der Waals surface area contributed by atoms with E-state index in [1.807, 2.05) is 30.3 Å². The Kier molecular flexibility index (Phi) is 5.93. The van der Waals surface area contributed by atoms with E-state index in [0.717, 1.165) is 23.7 Å². The lowest BCUT2D eigenvalue weighted by Crippen LogP contribution is -2.58. The minimum atomic E-state index is -0.952. The van der Waals surface area contributed by atoms with Crippen molar-refractivity contribution in [3.05, 3.63) is 59.1 Å². The fourth-order valence-corrected chi connectivity index (χ4v) is 3.60. The second-order valence-corrected chi connectivity index (χ2v) is 7.35. The summed E-state index contributed by atoms with van der Waals surface area (Å²) < 4.78 is 6.20. The van der Waals surface area contributed by atoms with Crippen LogP contribution in [0.2, 0.25) is 0 Å². The number of halogens is 1. The predicted octanol–water partition coefficient (Wildman–Crippen LogP) is 4.88. The van der Waals surface area contributed by atoms with Gasteiger partial charge in [0, 0.05) is 10.2 Å². The van der Waals surface area contributed by atoms with Crippen LogP contribution >= 0.6 is 15.9 Å². The Morgan fingerprint density at radius 1 is 0.962 bits per heavy atom. The number of ether oxygens (including phenoxy) is 1. The number of hydrogen-bond acceptors (Lipinski definition) is 3. The predicted molar refractivity (Wildman–Crippen MR) is 104 cm³/mol. The van der Waals surface area contributed by atoms with Crippen LogP contribution in [0.25, 0.3) is 0 Å². The molecular weight excluding hydrogens is 396 g/mol. The zero-order valence-electron chi connectivity index (χ0n) is 14.3. The molecule has 2 aromatic rings. The number of nitrogens with one attached hydrogen (secondary N) is 2. The monoisotopic (exact) mass is 416 g/mol. The molecule has 1 fully saturated rings. The van der Waals surface area contributed by atoms with Gasteiger partial charge in [0.2, 0.25) is 5.91 Å². The highest BCUT2D eigenvalue weighted by Gasteiger charge is 2.41. The molecule has 0 saturated heterocycles. The number of benzene rings is 2. The SMILES string of the molecule is O=C(NC1(C(=O)Nc2cccc(Br)c2)CCCCC1)Oc1ccccc1. The summed E-state index contributed by atoms with van der Waals surface area (Å²) in [4.78, 5) is 25.4. The van der Waals surface area contributed by atoms with Crippen molar-refractivity contribution in [3.8, 4) is 5.75 Å². The Hall–Kier alpha value is -2.34. The minimum absolute atomic E-state index is 0.208. The van der Waals surface area contributed by atoms with Crippen LogP contribution in [0.5, 0.6) is 5.75 Å². The summed E-state index contributed by atoms with van der Waals surface area (Å²) >= 11 is 3.40. The molecule has 1 saturated carbocycles. The van der Waals surface area contributed by atoms with Crippen LogP contribution in [0.3, 0.4) is 0 Å². The first-order valence-corrected chi connectivity index (χ1v) is 9.49. The molecule has 0 spiro atoms. The van der Waals surface area contributed by atoms with E-state index >= 15 is 0 Å². The van der Waals surface area contributed by atoms with Crippen molar-refractivity contribution in [2.24, 2.45) is 0 Å². The van der Waals surface area contributed by atoms with Crippen molar-refractivity contribution >= 4 is 33.6 Å². The second kappa shape index (κ2) is 8.36. The average Bonchev–Trinajstić information content (AvgIpc) is 2.63. The summed E-state index contributed by atoms with van der Waals surface area (Å²) in [6, 6.07) is 16.2. The van der Waals surface area contributed by atoms with Crippen molar-refractivity contribution in [3.63, 3.8) is 0 Å². The first kappa shape index (κ1) is 18.5. The van der Waals surface area contributed by atoms with Crippen LogP contribution in [0.1, 0.15) is 32.1 Å². The van der Waals surface area contributed by atoms with Gasteiger partial charge >= 0.3 is 6.09 Å². The smallest absolute Gasteiger partial charge is 0.410 e. The molecule has 136 valence electrons. The molecule has 0 radical (unpaired) electrons. The van der Waals surface area contributed by atoms with Crippen molar-refractivity contribution in [1.29, 1.82) is 0 Å². The van der Waals surface area contributed by atoms with Gasteiger partial charge in [-0.05, 0) is 43.2 Å². The molecule has 5 nitrogen and oxygen atoms in total. The van der Waals surface area contributed by atoms with E-state index in [1.54, 1.807) is 24.3 Å². The number of hydrogen-bond donors (Lipinski definition) is 2. The van der Waals surface area contributed by atoms with Crippen LogP contribution in [0.15, 0.2) is 59.1 Å². The lowest BCUT2D eigenvalue weighted by Gasteiger charge is -2.36. The molecule has 0 heterocycles. The van der Waals surface area contributed by atoms with E-state index in [1.165, 1.54) is 0 Å². The molecule has 0 aromatic heterocycles. The summed E-state index contributed by atoms with van der Waals surface area (Å²) in [6.45, 7) is 0. The van der Waals surface area contributed by atoms with Gasteiger partial charge in [-0.1, -0.05) is 59.5 Å². The van der Waals surface area contributed by atoms with Gasteiger partial charge in [0.25, 0.3) is 0 Å². The molecule has 1 aliphatic carbocycles. The highest BCUT2D eigenvalue weighted by atomic mass is 79.9. The Balaban J connectivity index is 1.73. The number of rotatable bonds is 4. The van der Waals surface area contributed by atoms with Crippen molar-refractivity contribution in [2.75, 3.05) is 5.32 Å². The number of anilines is 1. The molecule has 3 rings (SSSR count). The van der Waals surface area contributed by atoms with Gasteiger partial charge in [0.15, 0.2) is 0 Å². The summed E-state index contributed by atoms with van der Waals surface area (Å²) in [5.41, 5.74) is -0.264. The Labute approximate surface area is 161 Å². The van der Waals surface area contributed by atoms with Gasteiger partial charge < -0.3 is 15.4 Å². The van der Waals surface area contributed by atoms with Crippen molar-refractivity contribution in [2.45, 2.75) is 37.6 Å². The highest BCUT2D eigenvalue weighted by molar-refractivity contribution is 9.10. The van der Waals surface area contributed by atoms with Crippen LogP contribution in [-0.2, 0) is 4.79 Å². The Morgan fingerprint density at radius 2 is 1.69 bits per heavy atom. The van der Waals surface area contributed by atoms with Gasteiger partial charge in [0.1, 0.15) is 11.3 Å². The lowest BCUT2D eigenvalue weighted by molar-refractivity contribution is -0.123. The molecular formula is C20H21BrN2O3. The Bertz CT molecular complexity index is 774. The highest BCUT2D eigenvalue weighted by Crippen LogP contribution is 2.30. The quantitative estimate of drug-likeness (QED) is 0.745. The summed E-state index contributed by atoms with van der Waals surface area (Å²) in [6.07, 6.45) is 3.41. The molecule has 0 bridgehead atoms. The molecule has 2 amide bonds. The first-order chi connectivity index (χ1) is 12.6. The molecule has 2 aromatic carbocycles. The molecule has 26 heavy (non-hydrogen) atoms. The lowest BCUT2D eigenvalue weighted by atomic mass is 9.81. The zero-order chi connectivity index (χ0) is 18.4. The molecule has 0 aliphatic heterocycles. The Morgan fingerprint density at radius 3 is 2.38 bits per heavy atom. The van der Waals surface area contributed by atoms with E-state index in [0.29, 0.717) is 24.3 Å². The maximum absolute atomic E-state index is 13.0. The van der Waals surface area contributed by atoms with Crippen LogP contribution < -0.4 is 15.4 Å². The van der Waals surface area contributed by atoms with E-state index in [2.05, 4.69) is 26.6 Å². The van der Waals surface area contributed by atoms with E-state index in [-0.39, 0.29) is 5.91 Å². The normalized spacial score (nSPS) is 15.7. The van der Waals surface area contributed by atoms with Crippen LogP contribution in [0, 0.1) is 0 Å². The molecule has 0 atom stereocenters. The first-order valence-electron chi connectivity index (χ1n) is 8.69. The third kappa shape index (κ3) is 4.64. The van der Waals surface area contributed by atoms with Gasteiger partial charge in [-0.2, -0.15) is 0 Å². The van der Waals surface area contributed by atoms with Crippen molar-refractivity contribution < 1.29 is 14.3 Å². The molecule has 2 N–H and O–H groups in total. The van der Waals surface area contributed by atoms with Gasteiger partial charge in [-0.15, -0.1) is 0 Å². The summed E-state index contributed by atoms with van der Waals surface area (Å²) in [5, 5.41) is 5.75. The maximum Gasteiger partial charge on any atom is 0.413 e. The third-order valence-electron chi connectivity index (χ3n) is 4.52. The number of carbonyl (C=O) groups excluding carboxylic acids is 2. The molecule has 0 unspecified atom stereocenters.